The lowest BCUT2D eigenvalue weighted by Crippen LogP contribution is -2.58. The molecule has 4 nitrogen and oxygen atoms in total. The smallest absolute Gasteiger partial charge is 0.407 e. The van der Waals surface area contributed by atoms with Crippen molar-refractivity contribution in [1.82, 2.24) is 5.32 Å². The summed E-state index contributed by atoms with van der Waals surface area (Å²) in [6, 6.07) is 0. The van der Waals surface area contributed by atoms with E-state index in [1.807, 2.05) is 0 Å². The van der Waals surface area contributed by atoms with Crippen LogP contribution in [0.15, 0.2) is 0 Å². The van der Waals surface area contributed by atoms with Gasteiger partial charge < -0.3 is 15.2 Å². The number of hydrogen-bond acceptors (Lipinski definition) is 3. The summed E-state index contributed by atoms with van der Waals surface area (Å²) in [6.07, 6.45) is -1.94. The second-order valence-corrected chi connectivity index (χ2v) is 5.29. The first-order valence-corrected chi connectivity index (χ1v) is 5.09. The third-order valence-electron chi connectivity index (χ3n) is 2.14. The molecule has 0 saturated heterocycles. The predicted molar refractivity (Wildman–Crippen MR) is 53.4 cm³/mol. The van der Waals surface area contributed by atoms with Gasteiger partial charge in [0.15, 0.2) is 0 Å². The fourth-order valence-corrected chi connectivity index (χ4v) is 1.59. The molecule has 1 fully saturated rings. The van der Waals surface area contributed by atoms with Gasteiger partial charge in [-0.1, -0.05) is 0 Å². The van der Waals surface area contributed by atoms with E-state index in [9.17, 15) is 18.7 Å². The van der Waals surface area contributed by atoms with Gasteiger partial charge in [-0.15, -0.1) is 0 Å². The van der Waals surface area contributed by atoms with Crippen LogP contribution in [0.4, 0.5) is 13.6 Å². The highest BCUT2D eigenvalue weighted by atomic mass is 19.3. The Kier molecular flexibility index (Phi) is 3.15. The molecule has 0 aromatic carbocycles. The Morgan fingerprint density at radius 1 is 1.44 bits per heavy atom. The Morgan fingerprint density at radius 2 is 1.94 bits per heavy atom. The van der Waals surface area contributed by atoms with Crippen molar-refractivity contribution in [3.63, 3.8) is 0 Å². The maximum absolute atomic E-state index is 12.5. The Hall–Kier alpha value is -0.910. The second kappa shape index (κ2) is 3.84. The molecular formula is C10H17F2NO3. The lowest BCUT2D eigenvalue weighted by atomic mass is 9.76. The Labute approximate surface area is 93.0 Å². The van der Waals surface area contributed by atoms with Gasteiger partial charge in [0.2, 0.25) is 0 Å². The minimum atomic E-state index is -2.82. The number of rotatable bonds is 2. The largest absolute Gasteiger partial charge is 0.444 e. The van der Waals surface area contributed by atoms with E-state index in [-0.39, 0.29) is 6.54 Å². The maximum Gasteiger partial charge on any atom is 0.407 e. The number of alkyl halides is 2. The van der Waals surface area contributed by atoms with Crippen LogP contribution < -0.4 is 5.32 Å². The first kappa shape index (κ1) is 13.2. The molecular weight excluding hydrogens is 220 g/mol. The Balaban J connectivity index is 2.28. The van der Waals surface area contributed by atoms with Crippen LogP contribution >= 0.6 is 0 Å². The van der Waals surface area contributed by atoms with Crippen LogP contribution in [-0.2, 0) is 4.74 Å². The molecule has 0 aromatic rings. The molecule has 0 radical (unpaired) electrons. The highest BCUT2D eigenvalue weighted by Crippen LogP contribution is 2.45. The number of amides is 1. The van der Waals surface area contributed by atoms with E-state index in [4.69, 9.17) is 4.74 Å². The minimum Gasteiger partial charge on any atom is -0.444 e. The number of aliphatic hydroxyl groups is 1. The molecule has 1 amide bonds. The van der Waals surface area contributed by atoms with Crippen molar-refractivity contribution in [1.29, 1.82) is 0 Å². The van der Waals surface area contributed by atoms with Crippen LogP contribution in [0.1, 0.15) is 33.6 Å². The topological polar surface area (TPSA) is 58.6 Å². The summed E-state index contributed by atoms with van der Waals surface area (Å²) >= 11 is 0. The van der Waals surface area contributed by atoms with Crippen LogP contribution in [0.5, 0.6) is 0 Å². The van der Waals surface area contributed by atoms with E-state index in [1.165, 1.54) is 0 Å². The fourth-order valence-electron chi connectivity index (χ4n) is 1.59. The number of carbonyl (C=O) groups is 1. The summed E-state index contributed by atoms with van der Waals surface area (Å²) in [5, 5.41) is 11.8. The maximum atomic E-state index is 12.5. The monoisotopic (exact) mass is 237 g/mol. The van der Waals surface area contributed by atoms with Gasteiger partial charge in [0, 0.05) is 12.8 Å². The third kappa shape index (κ3) is 3.92. The normalized spacial score (nSPS) is 22.1. The first-order chi connectivity index (χ1) is 7.02. The third-order valence-corrected chi connectivity index (χ3v) is 2.14. The number of halogens is 2. The van der Waals surface area contributed by atoms with Crippen molar-refractivity contribution >= 4 is 6.09 Å². The molecule has 1 saturated carbocycles. The van der Waals surface area contributed by atoms with E-state index in [0.717, 1.165) is 0 Å². The van der Waals surface area contributed by atoms with E-state index in [1.54, 1.807) is 20.8 Å². The van der Waals surface area contributed by atoms with Gasteiger partial charge in [0.1, 0.15) is 5.60 Å². The molecule has 0 atom stereocenters. The summed E-state index contributed by atoms with van der Waals surface area (Å²) in [6.45, 7) is 4.87. The molecule has 1 aliphatic rings. The lowest BCUT2D eigenvalue weighted by Gasteiger charge is -2.43. The van der Waals surface area contributed by atoms with Gasteiger partial charge in [-0.05, 0) is 20.8 Å². The van der Waals surface area contributed by atoms with Crippen LogP contribution in [0.2, 0.25) is 0 Å². The number of nitrogens with one attached hydrogen (secondary N) is 1. The van der Waals surface area contributed by atoms with Crippen molar-refractivity contribution in [2.24, 2.45) is 0 Å². The summed E-state index contributed by atoms with van der Waals surface area (Å²) in [5.74, 6) is -2.82. The van der Waals surface area contributed by atoms with Gasteiger partial charge in [-0.2, -0.15) is 0 Å². The van der Waals surface area contributed by atoms with E-state index in [2.05, 4.69) is 5.32 Å². The zero-order valence-electron chi connectivity index (χ0n) is 9.64. The van der Waals surface area contributed by atoms with Crippen LogP contribution in [-0.4, -0.2) is 34.9 Å². The summed E-state index contributed by atoms with van der Waals surface area (Å²) in [7, 11) is 0. The van der Waals surface area contributed by atoms with Crippen LogP contribution in [0.25, 0.3) is 0 Å². The lowest BCUT2D eigenvalue weighted by molar-refractivity contribution is -0.201. The number of ether oxygens (including phenoxy) is 1. The minimum absolute atomic E-state index is 0.211. The van der Waals surface area contributed by atoms with Crippen molar-refractivity contribution in [3.8, 4) is 0 Å². The Bertz CT molecular complexity index is 278. The van der Waals surface area contributed by atoms with Crippen LogP contribution in [0, 0.1) is 0 Å². The Morgan fingerprint density at radius 3 is 2.31 bits per heavy atom. The van der Waals surface area contributed by atoms with Gasteiger partial charge in [-0.25, -0.2) is 13.6 Å². The van der Waals surface area contributed by atoms with Gasteiger partial charge in [0.05, 0.1) is 12.1 Å². The van der Waals surface area contributed by atoms with Crippen molar-refractivity contribution in [3.05, 3.63) is 0 Å². The molecule has 0 bridgehead atoms. The molecule has 1 rings (SSSR count). The quantitative estimate of drug-likeness (QED) is 0.768. The molecule has 0 unspecified atom stereocenters. The van der Waals surface area contributed by atoms with Gasteiger partial charge in [-0.3, -0.25) is 0 Å². The zero-order valence-corrected chi connectivity index (χ0v) is 9.64. The van der Waals surface area contributed by atoms with Gasteiger partial charge >= 0.3 is 6.09 Å². The molecule has 0 aromatic heterocycles. The highest BCUT2D eigenvalue weighted by Gasteiger charge is 2.55. The fraction of sp³-hybridized carbons (Fsp3) is 0.900. The average molecular weight is 237 g/mol. The standard InChI is InChI=1S/C10H17F2NO3/c1-8(2,3)16-7(14)13-6-9(15)4-10(11,12)5-9/h15H,4-6H2,1-3H3,(H,13,14). The second-order valence-electron chi connectivity index (χ2n) is 5.29. The molecule has 16 heavy (non-hydrogen) atoms. The number of alkyl carbamates (subject to hydrolysis) is 1. The highest BCUT2D eigenvalue weighted by molar-refractivity contribution is 5.67. The summed E-state index contributed by atoms with van der Waals surface area (Å²) < 4.78 is 30.0. The van der Waals surface area contributed by atoms with E-state index >= 15 is 0 Å². The molecule has 0 spiro atoms. The van der Waals surface area contributed by atoms with E-state index < -0.39 is 36.1 Å². The molecule has 6 heteroatoms. The molecule has 0 aliphatic heterocycles. The molecule has 2 N–H and O–H groups in total. The first-order valence-electron chi connectivity index (χ1n) is 5.09. The van der Waals surface area contributed by atoms with Crippen LogP contribution in [0.3, 0.4) is 0 Å². The number of carbonyl (C=O) groups excluding carboxylic acids is 1. The van der Waals surface area contributed by atoms with Crippen molar-refractivity contribution in [2.45, 2.75) is 50.7 Å². The molecule has 1 aliphatic carbocycles. The molecule has 94 valence electrons. The number of hydrogen-bond donors (Lipinski definition) is 2. The van der Waals surface area contributed by atoms with Gasteiger partial charge in [0.25, 0.3) is 5.92 Å². The van der Waals surface area contributed by atoms with Crippen molar-refractivity contribution < 1.29 is 23.4 Å². The van der Waals surface area contributed by atoms with Crippen molar-refractivity contribution in [2.75, 3.05) is 6.54 Å². The summed E-state index contributed by atoms with van der Waals surface area (Å²) in [5.41, 5.74) is -2.14. The average Bonchev–Trinajstić information content (AvgIpc) is 1.93. The predicted octanol–water partition coefficient (Wildman–Crippen LogP) is 1.67. The summed E-state index contributed by atoms with van der Waals surface area (Å²) in [4.78, 5) is 11.2. The zero-order chi connectivity index (χ0) is 12.6. The SMILES string of the molecule is CC(C)(C)OC(=O)NCC1(O)CC(F)(F)C1. The molecule has 0 heterocycles. The van der Waals surface area contributed by atoms with E-state index in [0.29, 0.717) is 0 Å².